The highest BCUT2D eigenvalue weighted by atomic mass is 35.5. The zero-order chi connectivity index (χ0) is 14.7. The minimum Gasteiger partial charge on any atom is -0.502 e. The molecule has 1 aromatic heterocycles. The number of rotatable bonds is 4. The van der Waals surface area contributed by atoms with E-state index in [4.69, 9.17) is 21.1 Å². The van der Waals surface area contributed by atoms with E-state index in [0.717, 1.165) is 11.8 Å². The number of benzene rings is 1. The van der Waals surface area contributed by atoms with Crippen molar-refractivity contribution in [2.75, 3.05) is 7.05 Å². The molecule has 0 spiro atoms. The molecule has 0 aliphatic rings. The fraction of sp³-hybridized carbons (Fsp3) is 0.267. The Kier molecular flexibility index (Phi) is 4.47. The summed E-state index contributed by atoms with van der Waals surface area (Å²) in [5.41, 5.74) is 0.572. The predicted octanol–water partition coefficient (Wildman–Crippen LogP) is 3.19. The van der Waals surface area contributed by atoms with Crippen LogP contribution >= 0.6 is 11.6 Å². The second kappa shape index (κ2) is 6.11. The Bertz CT molecular complexity index is 654. The van der Waals surface area contributed by atoms with Crippen molar-refractivity contribution in [1.82, 2.24) is 4.90 Å². The van der Waals surface area contributed by atoms with Gasteiger partial charge in [0, 0.05) is 17.1 Å². The summed E-state index contributed by atoms with van der Waals surface area (Å²) >= 11 is 6.18. The molecule has 1 N–H and O–H groups in total. The Morgan fingerprint density at radius 3 is 2.75 bits per heavy atom. The summed E-state index contributed by atoms with van der Waals surface area (Å²) < 4.78 is 5.20. The van der Waals surface area contributed by atoms with Crippen LogP contribution in [-0.4, -0.2) is 17.1 Å². The Hall–Kier alpha value is -1.78. The second-order valence-electron chi connectivity index (χ2n) is 4.71. The third-order valence-electron chi connectivity index (χ3n) is 3.29. The molecule has 1 atom stereocenters. The van der Waals surface area contributed by atoms with Crippen molar-refractivity contribution < 1.29 is 9.52 Å². The Morgan fingerprint density at radius 1 is 1.40 bits per heavy atom. The van der Waals surface area contributed by atoms with Gasteiger partial charge in [0.25, 0.3) is 0 Å². The summed E-state index contributed by atoms with van der Waals surface area (Å²) in [6.07, 6.45) is 1.06. The molecule has 0 aliphatic carbocycles. The highest BCUT2D eigenvalue weighted by Gasteiger charge is 2.15. The van der Waals surface area contributed by atoms with Crippen LogP contribution in [0, 0.1) is 0 Å². The first-order chi connectivity index (χ1) is 9.49. The molecule has 0 saturated heterocycles. The van der Waals surface area contributed by atoms with Crippen LogP contribution in [0.1, 0.15) is 24.3 Å². The Morgan fingerprint density at radius 2 is 2.10 bits per heavy atom. The normalized spacial score (nSPS) is 12.6. The number of halogens is 1. The van der Waals surface area contributed by atoms with Crippen molar-refractivity contribution in [2.45, 2.75) is 19.5 Å². The molecule has 2 rings (SSSR count). The molecule has 0 saturated carbocycles. The topological polar surface area (TPSA) is 53.7 Å². The summed E-state index contributed by atoms with van der Waals surface area (Å²) in [7, 11) is 1.92. The fourth-order valence-corrected chi connectivity index (χ4v) is 2.25. The summed E-state index contributed by atoms with van der Waals surface area (Å²) in [4.78, 5) is 13.4. The van der Waals surface area contributed by atoms with Gasteiger partial charge < -0.3 is 9.52 Å². The van der Waals surface area contributed by atoms with Crippen LogP contribution in [0.3, 0.4) is 0 Å². The largest absolute Gasteiger partial charge is 0.502 e. The first-order valence-electron chi connectivity index (χ1n) is 6.24. The van der Waals surface area contributed by atoms with E-state index in [9.17, 15) is 4.79 Å². The van der Waals surface area contributed by atoms with Gasteiger partial charge in [-0.1, -0.05) is 29.8 Å². The van der Waals surface area contributed by atoms with Gasteiger partial charge in [-0.2, -0.15) is 0 Å². The lowest BCUT2D eigenvalue weighted by Gasteiger charge is -2.25. The van der Waals surface area contributed by atoms with Crippen molar-refractivity contribution in [3.8, 4) is 5.75 Å². The Balaban J connectivity index is 2.15. The third kappa shape index (κ3) is 3.21. The van der Waals surface area contributed by atoms with E-state index in [1.54, 1.807) is 0 Å². The van der Waals surface area contributed by atoms with Gasteiger partial charge in [-0.3, -0.25) is 9.69 Å². The van der Waals surface area contributed by atoms with E-state index in [0.29, 0.717) is 17.3 Å². The van der Waals surface area contributed by atoms with Gasteiger partial charge >= 0.3 is 0 Å². The summed E-state index contributed by atoms with van der Waals surface area (Å²) in [5, 5.41) is 9.87. The van der Waals surface area contributed by atoms with Crippen molar-refractivity contribution in [1.29, 1.82) is 0 Å². The van der Waals surface area contributed by atoms with Gasteiger partial charge in [-0.15, -0.1) is 0 Å². The maximum absolute atomic E-state index is 11.4. The van der Waals surface area contributed by atoms with E-state index >= 15 is 0 Å². The molecule has 1 heterocycles. The third-order valence-corrected chi connectivity index (χ3v) is 3.63. The number of nitrogens with zero attached hydrogens (tertiary/aromatic N) is 1. The molecule has 0 aliphatic heterocycles. The zero-order valence-corrected chi connectivity index (χ0v) is 12.1. The lowest BCUT2D eigenvalue weighted by atomic mass is 10.1. The zero-order valence-electron chi connectivity index (χ0n) is 11.3. The van der Waals surface area contributed by atoms with Gasteiger partial charge in [0.15, 0.2) is 5.75 Å². The van der Waals surface area contributed by atoms with Crippen LogP contribution in [0.4, 0.5) is 0 Å². The number of hydrogen-bond acceptors (Lipinski definition) is 4. The van der Waals surface area contributed by atoms with E-state index in [-0.39, 0.29) is 11.8 Å². The van der Waals surface area contributed by atoms with E-state index < -0.39 is 5.43 Å². The standard InChI is InChI=1S/C15H16ClNO3/c1-10(12-5-3-4-6-13(12)16)17(2)8-11-7-14(18)15(19)9-20-11/h3-7,9-10,19H,8H2,1-2H3. The molecule has 1 unspecified atom stereocenters. The van der Waals surface area contributed by atoms with Gasteiger partial charge in [0.2, 0.25) is 5.43 Å². The quantitative estimate of drug-likeness (QED) is 0.940. The van der Waals surface area contributed by atoms with Gasteiger partial charge in [0.1, 0.15) is 12.0 Å². The van der Waals surface area contributed by atoms with Crippen molar-refractivity contribution in [3.63, 3.8) is 0 Å². The minimum atomic E-state index is -0.440. The number of hydrogen-bond donors (Lipinski definition) is 1. The maximum atomic E-state index is 11.4. The summed E-state index contributed by atoms with van der Waals surface area (Å²) in [6.45, 7) is 2.47. The van der Waals surface area contributed by atoms with E-state index in [2.05, 4.69) is 0 Å². The van der Waals surface area contributed by atoms with Crippen molar-refractivity contribution >= 4 is 11.6 Å². The molecule has 0 bridgehead atoms. The van der Waals surface area contributed by atoms with Gasteiger partial charge in [0.05, 0.1) is 6.54 Å². The van der Waals surface area contributed by atoms with E-state index in [1.165, 1.54) is 6.07 Å². The van der Waals surface area contributed by atoms with E-state index in [1.807, 2.05) is 43.1 Å². The summed E-state index contributed by atoms with van der Waals surface area (Å²) in [5.74, 6) is 0.116. The molecule has 0 radical (unpaired) electrons. The first-order valence-corrected chi connectivity index (χ1v) is 6.62. The molecule has 0 amide bonds. The highest BCUT2D eigenvalue weighted by Crippen LogP contribution is 2.27. The van der Waals surface area contributed by atoms with Crippen LogP contribution in [0.15, 0.2) is 45.8 Å². The SMILES string of the molecule is CC(c1ccccc1Cl)N(C)Cc1cc(=O)c(O)co1. The molecular formula is C15H16ClNO3. The lowest BCUT2D eigenvalue weighted by molar-refractivity contribution is 0.229. The van der Waals surface area contributed by atoms with Crippen LogP contribution in [-0.2, 0) is 6.54 Å². The predicted molar refractivity (Wildman–Crippen MR) is 78.0 cm³/mol. The van der Waals surface area contributed by atoms with Crippen LogP contribution in [0.25, 0.3) is 0 Å². The number of aromatic hydroxyl groups is 1. The van der Waals surface area contributed by atoms with Gasteiger partial charge in [-0.05, 0) is 25.6 Å². The molecule has 20 heavy (non-hydrogen) atoms. The average Bonchev–Trinajstić information content (AvgIpc) is 2.42. The first kappa shape index (κ1) is 14.6. The molecular weight excluding hydrogens is 278 g/mol. The summed E-state index contributed by atoms with van der Waals surface area (Å²) in [6, 6.07) is 9.01. The van der Waals surface area contributed by atoms with Crippen LogP contribution < -0.4 is 5.43 Å². The molecule has 4 nitrogen and oxygen atoms in total. The van der Waals surface area contributed by atoms with Gasteiger partial charge in [-0.25, -0.2) is 0 Å². The second-order valence-corrected chi connectivity index (χ2v) is 5.12. The Labute approximate surface area is 122 Å². The van der Waals surface area contributed by atoms with Crippen LogP contribution in [0.5, 0.6) is 5.75 Å². The average molecular weight is 294 g/mol. The molecule has 106 valence electrons. The van der Waals surface area contributed by atoms with Crippen molar-refractivity contribution in [3.05, 3.63) is 63.2 Å². The smallest absolute Gasteiger partial charge is 0.226 e. The lowest BCUT2D eigenvalue weighted by Crippen LogP contribution is -2.22. The van der Waals surface area contributed by atoms with Crippen molar-refractivity contribution in [2.24, 2.45) is 0 Å². The molecule has 0 fully saturated rings. The molecule has 5 heteroatoms. The van der Waals surface area contributed by atoms with Crippen LogP contribution in [0.2, 0.25) is 5.02 Å². The molecule has 2 aromatic rings. The maximum Gasteiger partial charge on any atom is 0.226 e. The minimum absolute atomic E-state index is 0.0720. The monoisotopic (exact) mass is 293 g/mol. The highest BCUT2D eigenvalue weighted by molar-refractivity contribution is 6.31. The molecule has 1 aromatic carbocycles. The fourth-order valence-electron chi connectivity index (χ4n) is 1.96.